The molecule has 2 N–H and O–H groups in total. The van der Waals surface area contributed by atoms with Crippen LogP contribution in [0.25, 0.3) is 43.8 Å². The van der Waals surface area contributed by atoms with E-state index in [1.165, 1.54) is 92.6 Å². The predicted molar refractivity (Wildman–Crippen MR) is 212 cm³/mol. The summed E-state index contributed by atoms with van der Waals surface area (Å²) in [5, 5.41) is 14.1. The average molecular weight is 661 g/mol. The van der Waals surface area contributed by atoms with Gasteiger partial charge < -0.3 is 0 Å². The molecule has 0 amide bonds. The highest BCUT2D eigenvalue weighted by atomic mass is 15.2. The van der Waals surface area contributed by atoms with E-state index in [0.29, 0.717) is 23.8 Å². The summed E-state index contributed by atoms with van der Waals surface area (Å²) in [5.41, 5.74) is 11.4. The van der Waals surface area contributed by atoms with Gasteiger partial charge in [-0.1, -0.05) is 146 Å². The average Bonchev–Trinajstić information content (AvgIpc) is 3.98. The summed E-state index contributed by atoms with van der Waals surface area (Å²) in [5.74, 6) is 1.76. The molecule has 11 rings (SSSR count). The van der Waals surface area contributed by atoms with Gasteiger partial charge in [-0.05, 0) is 122 Å². The topological polar surface area (TPSA) is 24.1 Å². The quantitative estimate of drug-likeness (QED) is 0.184. The molecule has 2 heteroatoms. The monoisotopic (exact) mass is 660 g/mol. The summed E-state index contributed by atoms with van der Waals surface area (Å²) in [6, 6.07) is 48.6. The Morgan fingerprint density at radius 3 is 2.10 bits per heavy atom. The predicted octanol–water partition coefficient (Wildman–Crippen LogP) is 11.4. The van der Waals surface area contributed by atoms with E-state index in [-0.39, 0.29) is 17.6 Å². The zero-order chi connectivity index (χ0) is 33.5. The zero-order valence-electron chi connectivity index (χ0n) is 29.1. The van der Waals surface area contributed by atoms with Crippen molar-refractivity contribution in [2.75, 3.05) is 0 Å². The van der Waals surface area contributed by atoms with Gasteiger partial charge in [-0.2, -0.15) is 0 Å². The van der Waals surface area contributed by atoms with Gasteiger partial charge in [0.05, 0.1) is 12.2 Å². The summed E-state index contributed by atoms with van der Waals surface area (Å²) >= 11 is 0. The van der Waals surface area contributed by atoms with E-state index in [0.717, 1.165) is 6.42 Å². The smallest absolute Gasteiger partial charge is 0.0689 e. The second-order valence-corrected chi connectivity index (χ2v) is 15.9. The molecular formula is C49H44N2. The molecule has 0 aromatic heterocycles. The Bertz CT molecular complexity index is 2370. The molecule has 1 heterocycles. The highest BCUT2D eigenvalue weighted by molar-refractivity contribution is 6.10. The SMILES string of the molecule is C1=CC(C2C=C3C(CC2)NC(C24CC2c2ccc5ccccc5c2-c2c4ccc4ccccc24)NC3c2ccc(-c3ccccc3)cc2)CCC1. The normalized spacial score (nSPS) is 29.1. The maximum atomic E-state index is 4.36. The molecule has 1 saturated carbocycles. The summed E-state index contributed by atoms with van der Waals surface area (Å²) in [4.78, 5) is 0. The number of allylic oxidation sites excluding steroid dienone is 3. The van der Waals surface area contributed by atoms with Gasteiger partial charge in [0, 0.05) is 11.5 Å². The number of hydrogen-bond acceptors (Lipinski definition) is 2. The first-order valence-electron chi connectivity index (χ1n) is 19.4. The molecule has 7 atom stereocenters. The van der Waals surface area contributed by atoms with Gasteiger partial charge in [-0.3, -0.25) is 10.6 Å². The fourth-order valence-corrected chi connectivity index (χ4v) is 10.8. The van der Waals surface area contributed by atoms with Crippen LogP contribution < -0.4 is 10.6 Å². The minimum atomic E-state index is -0.00840. The van der Waals surface area contributed by atoms with Crippen LogP contribution in [-0.4, -0.2) is 12.2 Å². The van der Waals surface area contributed by atoms with Gasteiger partial charge in [0.25, 0.3) is 0 Å². The zero-order valence-corrected chi connectivity index (χ0v) is 29.1. The van der Waals surface area contributed by atoms with Crippen LogP contribution in [0.15, 0.2) is 151 Å². The fourth-order valence-electron chi connectivity index (χ4n) is 10.8. The third-order valence-electron chi connectivity index (χ3n) is 13.4. The first kappa shape index (κ1) is 29.9. The number of nitrogens with one attached hydrogen (secondary N) is 2. The van der Waals surface area contributed by atoms with Crippen molar-refractivity contribution >= 4 is 21.5 Å². The molecule has 6 aromatic rings. The number of benzene rings is 6. The van der Waals surface area contributed by atoms with E-state index in [1.807, 2.05) is 0 Å². The summed E-state index contributed by atoms with van der Waals surface area (Å²) in [7, 11) is 0. The van der Waals surface area contributed by atoms with Crippen molar-refractivity contribution in [2.45, 2.75) is 68.1 Å². The van der Waals surface area contributed by atoms with E-state index in [2.05, 4.69) is 156 Å². The molecule has 7 unspecified atom stereocenters. The van der Waals surface area contributed by atoms with Crippen LogP contribution in [-0.2, 0) is 5.41 Å². The van der Waals surface area contributed by atoms with Crippen LogP contribution in [0.3, 0.4) is 0 Å². The van der Waals surface area contributed by atoms with Gasteiger partial charge in [-0.25, -0.2) is 0 Å². The standard InChI is InChI=1S/C49H44N2/c1-3-11-31(12-4-1)33-19-21-36(22-20-33)47-41-29-37(32-13-5-2-6-14-32)25-28-44(41)50-48(51-47)49-30-43(49)40-26-23-34-15-7-9-17-38(34)45(40)46-39-18-10-8-16-35(39)24-27-42(46)49/h1,3-5,7-13,15-24,26-27,29,32,37,43-44,47-48,50-51H,2,6,14,25,28,30H2. The molecule has 0 bridgehead atoms. The van der Waals surface area contributed by atoms with Crippen molar-refractivity contribution in [2.24, 2.45) is 11.8 Å². The van der Waals surface area contributed by atoms with E-state index in [4.69, 9.17) is 0 Å². The van der Waals surface area contributed by atoms with Gasteiger partial charge in [0.15, 0.2) is 0 Å². The molecular weight excluding hydrogens is 617 g/mol. The van der Waals surface area contributed by atoms with Crippen LogP contribution in [0.4, 0.5) is 0 Å². The van der Waals surface area contributed by atoms with Crippen molar-refractivity contribution in [3.63, 3.8) is 0 Å². The lowest BCUT2D eigenvalue weighted by Gasteiger charge is -2.48. The Morgan fingerprint density at radius 1 is 0.588 bits per heavy atom. The van der Waals surface area contributed by atoms with E-state index >= 15 is 0 Å². The maximum Gasteiger partial charge on any atom is 0.0689 e. The number of fused-ring (bicyclic) bond motifs is 11. The van der Waals surface area contributed by atoms with Crippen LogP contribution in [0.5, 0.6) is 0 Å². The minimum Gasteiger partial charge on any atom is -0.294 e. The Labute approximate surface area is 301 Å². The van der Waals surface area contributed by atoms with Gasteiger partial charge >= 0.3 is 0 Å². The lowest BCUT2D eigenvalue weighted by atomic mass is 9.70. The Kier molecular flexibility index (Phi) is 6.83. The summed E-state index contributed by atoms with van der Waals surface area (Å²) in [6.45, 7) is 0. The maximum absolute atomic E-state index is 4.36. The number of hydrogen-bond donors (Lipinski definition) is 2. The first-order chi connectivity index (χ1) is 25.3. The summed E-state index contributed by atoms with van der Waals surface area (Å²) < 4.78 is 0. The highest BCUT2D eigenvalue weighted by Crippen LogP contribution is 2.70. The second kappa shape index (κ2) is 11.6. The third-order valence-corrected chi connectivity index (χ3v) is 13.4. The first-order valence-corrected chi connectivity index (χ1v) is 19.4. The lowest BCUT2D eigenvalue weighted by Crippen LogP contribution is -2.62. The molecule has 250 valence electrons. The van der Waals surface area contributed by atoms with Crippen LogP contribution >= 0.6 is 0 Å². The summed E-state index contributed by atoms with van der Waals surface area (Å²) in [6.07, 6.45) is 15.3. The molecule has 6 aromatic carbocycles. The molecule has 51 heavy (non-hydrogen) atoms. The molecule has 1 saturated heterocycles. The van der Waals surface area contributed by atoms with Crippen molar-refractivity contribution in [1.82, 2.24) is 10.6 Å². The third kappa shape index (κ3) is 4.62. The Balaban J connectivity index is 1.05. The van der Waals surface area contributed by atoms with E-state index in [1.54, 1.807) is 5.57 Å². The largest absolute Gasteiger partial charge is 0.294 e. The molecule has 0 radical (unpaired) electrons. The molecule has 2 fully saturated rings. The molecule has 0 spiro atoms. The van der Waals surface area contributed by atoms with Gasteiger partial charge in [0.2, 0.25) is 0 Å². The molecule has 2 nitrogen and oxygen atoms in total. The molecule has 1 aliphatic heterocycles. The van der Waals surface area contributed by atoms with Crippen molar-refractivity contribution in [3.8, 4) is 22.3 Å². The Morgan fingerprint density at radius 2 is 1.31 bits per heavy atom. The number of rotatable bonds is 4. The lowest BCUT2D eigenvalue weighted by molar-refractivity contribution is 0.224. The van der Waals surface area contributed by atoms with Crippen molar-refractivity contribution in [3.05, 3.63) is 168 Å². The van der Waals surface area contributed by atoms with E-state index < -0.39 is 0 Å². The van der Waals surface area contributed by atoms with Crippen molar-refractivity contribution < 1.29 is 0 Å². The van der Waals surface area contributed by atoms with Crippen LogP contribution in [0.2, 0.25) is 0 Å². The van der Waals surface area contributed by atoms with E-state index in [9.17, 15) is 0 Å². The highest BCUT2D eigenvalue weighted by Gasteiger charge is 2.65. The fraction of sp³-hybridized carbons (Fsp3) is 0.265. The second-order valence-electron chi connectivity index (χ2n) is 15.9. The van der Waals surface area contributed by atoms with Crippen molar-refractivity contribution in [1.29, 1.82) is 0 Å². The van der Waals surface area contributed by atoms with Gasteiger partial charge in [-0.15, -0.1) is 0 Å². The minimum absolute atomic E-state index is 0.00840. The molecule has 5 aliphatic rings. The van der Waals surface area contributed by atoms with Crippen LogP contribution in [0.1, 0.15) is 67.2 Å². The Hall–Kier alpha value is -4.76. The van der Waals surface area contributed by atoms with Crippen LogP contribution in [0, 0.1) is 11.8 Å². The molecule has 4 aliphatic carbocycles. The van der Waals surface area contributed by atoms with Gasteiger partial charge in [0.1, 0.15) is 0 Å².